The Bertz CT molecular complexity index is 416. The molecule has 112 valence electrons. The van der Waals surface area contributed by atoms with Crippen molar-refractivity contribution >= 4 is 31.9 Å². The van der Waals surface area contributed by atoms with E-state index in [4.69, 9.17) is 0 Å². The first kappa shape index (κ1) is 16.5. The van der Waals surface area contributed by atoms with E-state index in [0.717, 1.165) is 33.2 Å². The number of halogens is 2. The molecule has 1 aliphatic rings. The van der Waals surface area contributed by atoms with E-state index in [1.54, 1.807) is 0 Å². The molecule has 1 aliphatic carbocycles. The lowest BCUT2D eigenvalue weighted by Crippen LogP contribution is -2.33. The van der Waals surface area contributed by atoms with Crippen molar-refractivity contribution in [2.75, 3.05) is 6.54 Å². The van der Waals surface area contributed by atoms with Gasteiger partial charge < -0.3 is 5.32 Å². The number of hydrogen-bond acceptors (Lipinski definition) is 1. The lowest BCUT2D eigenvalue weighted by Gasteiger charge is -2.37. The second kappa shape index (κ2) is 7.42. The minimum absolute atomic E-state index is 0.471. The number of nitrogens with one attached hydrogen (secondary N) is 1. The molecule has 3 unspecified atom stereocenters. The van der Waals surface area contributed by atoms with Gasteiger partial charge in [-0.3, -0.25) is 0 Å². The van der Waals surface area contributed by atoms with Crippen molar-refractivity contribution in [2.24, 2.45) is 17.8 Å². The third-order valence-corrected chi connectivity index (χ3v) is 5.27. The van der Waals surface area contributed by atoms with Crippen molar-refractivity contribution in [3.05, 3.63) is 32.7 Å². The quantitative estimate of drug-likeness (QED) is 0.657. The van der Waals surface area contributed by atoms with E-state index in [0.29, 0.717) is 6.04 Å². The summed E-state index contributed by atoms with van der Waals surface area (Å²) >= 11 is 7.24. The SMILES string of the molecule is CCNC(c1cc(Br)cc(Br)c1)C1CC(C)CC(C)C1. The van der Waals surface area contributed by atoms with Gasteiger partial charge in [0.15, 0.2) is 0 Å². The van der Waals surface area contributed by atoms with E-state index in [9.17, 15) is 0 Å². The van der Waals surface area contributed by atoms with Gasteiger partial charge in [0.1, 0.15) is 0 Å². The predicted octanol–water partition coefficient (Wildman–Crippen LogP) is 5.93. The first-order chi connectivity index (χ1) is 9.49. The van der Waals surface area contributed by atoms with E-state index in [-0.39, 0.29) is 0 Å². The Balaban J connectivity index is 2.25. The van der Waals surface area contributed by atoms with E-state index in [1.807, 2.05) is 0 Å². The molecule has 0 aromatic heterocycles. The Morgan fingerprint density at radius 3 is 2.10 bits per heavy atom. The van der Waals surface area contributed by atoms with Gasteiger partial charge in [-0.1, -0.05) is 52.6 Å². The van der Waals surface area contributed by atoms with Crippen LogP contribution in [0.4, 0.5) is 0 Å². The van der Waals surface area contributed by atoms with Crippen molar-refractivity contribution in [3.63, 3.8) is 0 Å². The highest BCUT2D eigenvalue weighted by atomic mass is 79.9. The highest BCUT2D eigenvalue weighted by Crippen LogP contribution is 2.40. The zero-order valence-electron chi connectivity index (χ0n) is 12.6. The second-order valence-electron chi connectivity index (χ2n) is 6.42. The molecule has 1 nitrogen and oxygen atoms in total. The fourth-order valence-corrected chi connectivity index (χ4v) is 5.14. The highest BCUT2D eigenvalue weighted by Gasteiger charge is 2.30. The van der Waals surface area contributed by atoms with Crippen LogP contribution in [0.1, 0.15) is 51.6 Å². The standard InChI is InChI=1S/C17H25Br2N/c1-4-20-17(13-6-11(2)5-12(3)7-13)14-8-15(18)10-16(19)9-14/h8-13,17,20H,4-7H2,1-3H3. The molecule has 1 aromatic carbocycles. The Labute approximate surface area is 140 Å². The molecule has 1 aromatic rings. The predicted molar refractivity (Wildman–Crippen MR) is 93.9 cm³/mol. The van der Waals surface area contributed by atoms with E-state index < -0.39 is 0 Å². The Morgan fingerprint density at radius 1 is 1.05 bits per heavy atom. The molecule has 0 radical (unpaired) electrons. The maximum Gasteiger partial charge on any atom is 0.0349 e. The van der Waals surface area contributed by atoms with Gasteiger partial charge in [-0.05, 0) is 67.3 Å². The summed E-state index contributed by atoms with van der Waals surface area (Å²) in [5, 5.41) is 3.72. The molecule has 20 heavy (non-hydrogen) atoms. The average molecular weight is 403 g/mol. The monoisotopic (exact) mass is 401 g/mol. The Kier molecular flexibility index (Phi) is 6.12. The second-order valence-corrected chi connectivity index (χ2v) is 8.25. The fourth-order valence-electron chi connectivity index (χ4n) is 3.81. The van der Waals surface area contributed by atoms with Gasteiger partial charge in [-0.25, -0.2) is 0 Å². The molecular weight excluding hydrogens is 378 g/mol. The molecule has 0 aliphatic heterocycles. The summed E-state index contributed by atoms with van der Waals surface area (Å²) in [6.07, 6.45) is 4.07. The van der Waals surface area contributed by atoms with Crippen LogP contribution in [0, 0.1) is 17.8 Å². The lowest BCUT2D eigenvalue weighted by molar-refractivity contribution is 0.177. The van der Waals surface area contributed by atoms with Crippen LogP contribution in [0.15, 0.2) is 27.1 Å². The summed E-state index contributed by atoms with van der Waals surface area (Å²) in [4.78, 5) is 0. The van der Waals surface area contributed by atoms with Crippen molar-refractivity contribution in [1.82, 2.24) is 5.32 Å². The molecule has 3 atom stereocenters. The van der Waals surface area contributed by atoms with Crippen LogP contribution < -0.4 is 5.32 Å². The molecule has 0 amide bonds. The van der Waals surface area contributed by atoms with E-state index in [1.165, 1.54) is 24.8 Å². The molecule has 0 spiro atoms. The topological polar surface area (TPSA) is 12.0 Å². The summed E-state index contributed by atoms with van der Waals surface area (Å²) in [6.45, 7) is 8.04. The normalized spacial score (nSPS) is 28.4. The Morgan fingerprint density at radius 2 is 1.60 bits per heavy atom. The van der Waals surface area contributed by atoms with Crippen LogP contribution in [0.25, 0.3) is 0 Å². The van der Waals surface area contributed by atoms with Gasteiger partial charge in [-0.2, -0.15) is 0 Å². The summed E-state index contributed by atoms with van der Waals surface area (Å²) in [5.74, 6) is 2.44. The van der Waals surface area contributed by atoms with E-state index >= 15 is 0 Å². The molecule has 1 saturated carbocycles. The third-order valence-electron chi connectivity index (χ3n) is 4.35. The lowest BCUT2D eigenvalue weighted by atomic mass is 9.72. The zero-order valence-corrected chi connectivity index (χ0v) is 15.8. The van der Waals surface area contributed by atoms with Crippen LogP contribution in [-0.4, -0.2) is 6.54 Å². The van der Waals surface area contributed by atoms with Gasteiger partial charge in [0.2, 0.25) is 0 Å². The van der Waals surface area contributed by atoms with Crippen LogP contribution in [0.2, 0.25) is 0 Å². The van der Waals surface area contributed by atoms with Gasteiger partial charge in [-0.15, -0.1) is 0 Å². The molecule has 1 N–H and O–H groups in total. The van der Waals surface area contributed by atoms with Crippen LogP contribution >= 0.6 is 31.9 Å². The summed E-state index contributed by atoms with van der Waals surface area (Å²) < 4.78 is 2.31. The van der Waals surface area contributed by atoms with Gasteiger partial charge in [0.05, 0.1) is 0 Å². The van der Waals surface area contributed by atoms with Gasteiger partial charge in [0, 0.05) is 15.0 Å². The van der Waals surface area contributed by atoms with Crippen LogP contribution in [-0.2, 0) is 0 Å². The smallest absolute Gasteiger partial charge is 0.0349 e. The minimum Gasteiger partial charge on any atom is -0.310 e. The van der Waals surface area contributed by atoms with Gasteiger partial charge >= 0.3 is 0 Å². The number of benzene rings is 1. The molecule has 3 heteroatoms. The highest BCUT2D eigenvalue weighted by molar-refractivity contribution is 9.11. The third kappa shape index (κ3) is 4.32. The average Bonchev–Trinajstić information content (AvgIpc) is 2.33. The largest absolute Gasteiger partial charge is 0.310 e. The minimum atomic E-state index is 0.471. The van der Waals surface area contributed by atoms with Crippen LogP contribution in [0.3, 0.4) is 0 Å². The maximum atomic E-state index is 3.72. The Hall–Kier alpha value is 0.140. The number of rotatable bonds is 4. The molecular formula is C17H25Br2N. The summed E-state index contributed by atoms with van der Waals surface area (Å²) in [6, 6.07) is 7.11. The van der Waals surface area contributed by atoms with Crippen molar-refractivity contribution in [3.8, 4) is 0 Å². The fraction of sp³-hybridized carbons (Fsp3) is 0.647. The van der Waals surface area contributed by atoms with Crippen molar-refractivity contribution in [2.45, 2.75) is 46.1 Å². The first-order valence-electron chi connectivity index (χ1n) is 7.69. The van der Waals surface area contributed by atoms with Crippen molar-refractivity contribution < 1.29 is 0 Å². The zero-order chi connectivity index (χ0) is 14.7. The molecule has 0 bridgehead atoms. The molecule has 0 heterocycles. The number of hydrogen-bond donors (Lipinski definition) is 1. The summed E-state index contributed by atoms with van der Waals surface area (Å²) in [5.41, 5.74) is 1.40. The first-order valence-corrected chi connectivity index (χ1v) is 9.27. The molecule has 2 rings (SSSR count). The van der Waals surface area contributed by atoms with Crippen LogP contribution in [0.5, 0.6) is 0 Å². The van der Waals surface area contributed by atoms with Crippen molar-refractivity contribution in [1.29, 1.82) is 0 Å². The molecule has 0 saturated heterocycles. The summed E-state index contributed by atoms with van der Waals surface area (Å²) in [7, 11) is 0. The molecule has 1 fully saturated rings. The van der Waals surface area contributed by atoms with Gasteiger partial charge in [0.25, 0.3) is 0 Å². The van der Waals surface area contributed by atoms with E-state index in [2.05, 4.69) is 76.1 Å². The maximum absolute atomic E-state index is 3.72.